The quantitative estimate of drug-likeness (QED) is 0.483. The summed E-state index contributed by atoms with van der Waals surface area (Å²) in [5.74, 6) is 1.74. The van der Waals surface area contributed by atoms with Gasteiger partial charge < -0.3 is 14.6 Å². The van der Waals surface area contributed by atoms with Crippen molar-refractivity contribution in [2.75, 3.05) is 23.3 Å². The molecule has 0 saturated carbocycles. The molecule has 0 aliphatic carbocycles. The number of hydrogen-bond donors (Lipinski definition) is 1. The van der Waals surface area contributed by atoms with Crippen LogP contribution in [0.15, 0.2) is 52.9 Å². The zero-order valence-corrected chi connectivity index (χ0v) is 17.7. The first-order valence-electron chi connectivity index (χ1n) is 11.0. The molecule has 2 aromatic carbocycles. The first kappa shape index (κ1) is 19.5. The Morgan fingerprint density at radius 1 is 0.871 bits per heavy atom. The molecule has 2 aromatic heterocycles. The SMILES string of the molecule is CCc1nnc(-c2nnc(NCc3ccc(N4CCCCC4)cc3)c3ccccc23)o1. The Hall–Kier alpha value is -3.48. The Balaban J connectivity index is 1.35. The largest absolute Gasteiger partial charge is 0.419 e. The van der Waals surface area contributed by atoms with Gasteiger partial charge in [0, 0.05) is 42.5 Å². The lowest BCUT2D eigenvalue weighted by Gasteiger charge is -2.28. The van der Waals surface area contributed by atoms with E-state index in [-0.39, 0.29) is 0 Å². The number of nitrogens with zero attached hydrogens (tertiary/aromatic N) is 5. The van der Waals surface area contributed by atoms with E-state index < -0.39 is 0 Å². The predicted octanol–water partition coefficient (Wildman–Crippen LogP) is 4.84. The predicted molar refractivity (Wildman–Crippen MR) is 122 cm³/mol. The highest BCUT2D eigenvalue weighted by molar-refractivity contribution is 5.98. The zero-order valence-electron chi connectivity index (χ0n) is 17.7. The lowest BCUT2D eigenvalue weighted by atomic mass is 10.1. The molecule has 1 aliphatic rings. The van der Waals surface area contributed by atoms with Crippen molar-refractivity contribution < 1.29 is 4.42 Å². The van der Waals surface area contributed by atoms with Gasteiger partial charge in [-0.15, -0.1) is 20.4 Å². The fourth-order valence-electron chi connectivity index (χ4n) is 4.05. The highest BCUT2D eigenvalue weighted by Crippen LogP contribution is 2.29. The van der Waals surface area contributed by atoms with E-state index in [1.54, 1.807) is 0 Å². The van der Waals surface area contributed by atoms with Crippen LogP contribution in [0.5, 0.6) is 0 Å². The minimum absolute atomic E-state index is 0.403. The van der Waals surface area contributed by atoms with Crippen LogP contribution in [-0.4, -0.2) is 33.5 Å². The van der Waals surface area contributed by atoms with Crippen LogP contribution in [0.3, 0.4) is 0 Å². The van der Waals surface area contributed by atoms with E-state index in [1.165, 1.54) is 30.5 Å². The van der Waals surface area contributed by atoms with Crippen molar-refractivity contribution in [1.29, 1.82) is 0 Å². The third-order valence-corrected chi connectivity index (χ3v) is 5.78. The number of nitrogens with one attached hydrogen (secondary N) is 1. The van der Waals surface area contributed by atoms with Crippen LogP contribution in [0.25, 0.3) is 22.4 Å². The summed E-state index contributed by atoms with van der Waals surface area (Å²) in [5, 5.41) is 22.4. The van der Waals surface area contributed by atoms with E-state index in [0.717, 1.165) is 29.7 Å². The number of fused-ring (bicyclic) bond motifs is 1. The van der Waals surface area contributed by atoms with Gasteiger partial charge in [-0.2, -0.15) is 0 Å². The second-order valence-electron chi connectivity index (χ2n) is 7.87. The Labute approximate surface area is 181 Å². The number of hydrogen-bond acceptors (Lipinski definition) is 7. The Bertz CT molecular complexity index is 1160. The van der Waals surface area contributed by atoms with Crippen molar-refractivity contribution in [1.82, 2.24) is 20.4 Å². The standard InChI is InChI=1S/C24H26N6O/c1-2-21-26-29-24(31-21)22-19-8-4-5-9-20(19)23(28-27-22)25-16-17-10-12-18(13-11-17)30-14-6-3-7-15-30/h4-5,8-13H,2-3,6-7,14-16H2,1H3,(H,25,28). The molecule has 158 valence electrons. The first-order valence-corrected chi connectivity index (χ1v) is 11.0. The Kier molecular flexibility index (Phi) is 5.48. The second kappa shape index (κ2) is 8.71. The summed E-state index contributed by atoms with van der Waals surface area (Å²) in [5.41, 5.74) is 3.13. The van der Waals surface area contributed by atoms with Crippen molar-refractivity contribution >= 4 is 22.3 Å². The van der Waals surface area contributed by atoms with Gasteiger partial charge in [-0.1, -0.05) is 43.3 Å². The number of rotatable bonds is 6. The monoisotopic (exact) mass is 414 g/mol. The molecule has 0 amide bonds. The molecule has 1 N–H and O–H groups in total. The minimum atomic E-state index is 0.403. The van der Waals surface area contributed by atoms with E-state index in [4.69, 9.17) is 4.42 Å². The van der Waals surface area contributed by atoms with Crippen molar-refractivity contribution in [2.45, 2.75) is 39.2 Å². The van der Waals surface area contributed by atoms with Gasteiger partial charge in [0.2, 0.25) is 5.89 Å². The lowest BCUT2D eigenvalue weighted by molar-refractivity contribution is 0.511. The molecule has 4 aromatic rings. The average molecular weight is 415 g/mol. The highest BCUT2D eigenvalue weighted by atomic mass is 16.4. The molecular weight excluding hydrogens is 388 g/mol. The summed E-state index contributed by atoms with van der Waals surface area (Å²) in [6, 6.07) is 16.8. The molecular formula is C24H26N6O. The summed E-state index contributed by atoms with van der Waals surface area (Å²) in [4.78, 5) is 2.47. The van der Waals surface area contributed by atoms with Gasteiger partial charge in [0.15, 0.2) is 11.5 Å². The van der Waals surface area contributed by atoms with Gasteiger partial charge in [-0.05, 0) is 37.0 Å². The number of aromatic nitrogens is 4. The maximum atomic E-state index is 5.71. The van der Waals surface area contributed by atoms with Crippen LogP contribution in [0.4, 0.5) is 11.5 Å². The molecule has 1 saturated heterocycles. The van der Waals surface area contributed by atoms with E-state index in [1.807, 2.05) is 31.2 Å². The van der Waals surface area contributed by atoms with Crippen molar-refractivity contribution in [3.8, 4) is 11.6 Å². The van der Waals surface area contributed by atoms with Crippen molar-refractivity contribution in [2.24, 2.45) is 0 Å². The average Bonchev–Trinajstić information content (AvgIpc) is 3.32. The van der Waals surface area contributed by atoms with Gasteiger partial charge in [0.05, 0.1) is 0 Å². The van der Waals surface area contributed by atoms with Crippen LogP contribution in [0.1, 0.15) is 37.6 Å². The van der Waals surface area contributed by atoms with Gasteiger partial charge in [-0.3, -0.25) is 0 Å². The summed E-state index contributed by atoms with van der Waals surface area (Å²) < 4.78 is 5.71. The molecule has 0 radical (unpaired) electrons. The maximum absolute atomic E-state index is 5.71. The lowest BCUT2D eigenvalue weighted by Crippen LogP contribution is -2.29. The van der Waals surface area contributed by atoms with Crippen LogP contribution in [0.2, 0.25) is 0 Å². The maximum Gasteiger partial charge on any atom is 0.268 e. The van der Waals surface area contributed by atoms with Crippen LogP contribution >= 0.6 is 0 Å². The number of piperidine rings is 1. The molecule has 3 heterocycles. The second-order valence-corrected chi connectivity index (χ2v) is 7.87. The summed E-state index contributed by atoms with van der Waals surface area (Å²) in [6.07, 6.45) is 4.61. The summed E-state index contributed by atoms with van der Waals surface area (Å²) >= 11 is 0. The van der Waals surface area contributed by atoms with E-state index >= 15 is 0 Å². The molecule has 0 unspecified atom stereocenters. The summed E-state index contributed by atoms with van der Waals surface area (Å²) in [7, 11) is 0. The number of benzene rings is 2. The highest BCUT2D eigenvalue weighted by Gasteiger charge is 2.16. The molecule has 1 fully saturated rings. The first-order chi connectivity index (χ1) is 15.3. The van der Waals surface area contributed by atoms with Crippen LogP contribution < -0.4 is 10.2 Å². The molecule has 0 spiro atoms. The molecule has 0 bridgehead atoms. The van der Waals surface area contributed by atoms with Crippen LogP contribution in [-0.2, 0) is 13.0 Å². The fourth-order valence-corrected chi connectivity index (χ4v) is 4.05. The van der Waals surface area contributed by atoms with E-state index in [0.29, 0.717) is 30.4 Å². The third kappa shape index (κ3) is 4.08. The summed E-state index contributed by atoms with van der Waals surface area (Å²) in [6.45, 7) is 4.97. The van der Waals surface area contributed by atoms with E-state index in [2.05, 4.69) is 54.9 Å². The van der Waals surface area contributed by atoms with Crippen molar-refractivity contribution in [3.05, 3.63) is 60.0 Å². The van der Waals surface area contributed by atoms with Crippen LogP contribution in [0, 0.1) is 0 Å². The third-order valence-electron chi connectivity index (χ3n) is 5.78. The van der Waals surface area contributed by atoms with E-state index in [9.17, 15) is 0 Å². The number of anilines is 2. The topological polar surface area (TPSA) is 80.0 Å². The Morgan fingerprint density at radius 3 is 2.39 bits per heavy atom. The molecule has 5 rings (SSSR count). The van der Waals surface area contributed by atoms with Gasteiger partial charge >= 0.3 is 0 Å². The molecule has 7 heteroatoms. The number of aryl methyl sites for hydroxylation is 1. The molecule has 0 atom stereocenters. The fraction of sp³-hybridized carbons (Fsp3) is 0.333. The molecule has 7 nitrogen and oxygen atoms in total. The zero-order chi connectivity index (χ0) is 21.0. The smallest absolute Gasteiger partial charge is 0.268 e. The van der Waals surface area contributed by atoms with Gasteiger partial charge in [0.1, 0.15) is 0 Å². The normalized spacial score (nSPS) is 14.2. The minimum Gasteiger partial charge on any atom is -0.419 e. The Morgan fingerprint density at radius 2 is 1.65 bits per heavy atom. The van der Waals surface area contributed by atoms with Gasteiger partial charge in [-0.25, -0.2) is 0 Å². The molecule has 1 aliphatic heterocycles. The molecule has 31 heavy (non-hydrogen) atoms. The van der Waals surface area contributed by atoms with Crippen molar-refractivity contribution in [3.63, 3.8) is 0 Å². The van der Waals surface area contributed by atoms with Gasteiger partial charge in [0.25, 0.3) is 5.89 Å².